The normalized spacial score (nSPS) is 12.0. The molecule has 0 saturated carbocycles. The van der Waals surface area contributed by atoms with E-state index in [0.29, 0.717) is 11.4 Å². The van der Waals surface area contributed by atoms with Crippen LogP contribution in [0.15, 0.2) is 36.5 Å². The Morgan fingerprint density at radius 1 is 1.43 bits per heavy atom. The average molecular weight is 291 g/mol. The maximum absolute atomic E-state index is 13.0. The molecule has 0 unspecified atom stereocenters. The fraction of sp³-hybridized carbons (Fsp3) is 0.214. The van der Waals surface area contributed by atoms with Gasteiger partial charge in [-0.05, 0) is 30.7 Å². The van der Waals surface area contributed by atoms with Gasteiger partial charge in [0, 0.05) is 6.04 Å². The second kappa shape index (κ2) is 6.27. The van der Waals surface area contributed by atoms with E-state index in [1.54, 1.807) is 12.1 Å². The number of hydrogen-bond donors (Lipinski definition) is 1. The van der Waals surface area contributed by atoms with Gasteiger partial charge in [0.15, 0.2) is 0 Å². The van der Waals surface area contributed by atoms with Gasteiger partial charge in [0.2, 0.25) is 5.75 Å². The van der Waals surface area contributed by atoms with Crippen molar-refractivity contribution in [2.45, 2.75) is 19.4 Å². The lowest BCUT2D eigenvalue weighted by atomic mass is 10.1. The number of ether oxygens (including phenoxy) is 1. The molecule has 1 atom stereocenters. The quantitative estimate of drug-likeness (QED) is 0.674. The van der Waals surface area contributed by atoms with E-state index in [2.05, 4.69) is 4.98 Å². The standard InChI is InChI=1S/C14H14FN3O3/c1-2-11(16)12-5-4-10(8-17-12)21-14-6-3-9(15)7-13(14)18(19)20/h3-8,11H,2,16H2,1H3/t11-/m1/s1. The van der Waals surface area contributed by atoms with Crippen LogP contribution in [0.5, 0.6) is 11.5 Å². The van der Waals surface area contributed by atoms with E-state index in [9.17, 15) is 14.5 Å². The SMILES string of the molecule is CC[C@@H](N)c1ccc(Oc2ccc(F)cc2[N+](=O)[O-])cn1. The number of nitro benzene ring substituents is 1. The van der Waals surface area contributed by atoms with Gasteiger partial charge >= 0.3 is 5.69 Å². The Balaban J connectivity index is 2.24. The second-order valence-electron chi connectivity index (χ2n) is 4.40. The van der Waals surface area contributed by atoms with E-state index in [4.69, 9.17) is 10.5 Å². The molecular formula is C14H14FN3O3. The smallest absolute Gasteiger partial charge is 0.314 e. The lowest BCUT2D eigenvalue weighted by molar-refractivity contribution is -0.385. The van der Waals surface area contributed by atoms with Gasteiger partial charge in [-0.3, -0.25) is 15.1 Å². The Hall–Kier alpha value is -2.54. The van der Waals surface area contributed by atoms with Gasteiger partial charge in [-0.1, -0.05) is 6.92 Å². The van der Waals surface area contributed by atoms with Gasteiger partial charge in [0.1, 0.15) is 11.6 Å². The summed E-state index contributed by atoms with van der Waals surface area (Å²) < 4.78 is 18.4. The highest BCUT2D eigenvalue weighted by molar-refractivity contribution is 5.48. The van der Waals surface area contributed by atoms with Crippen LogP contribution in [-0.2, 0) is 0 Å². The first-order chi connectivity index (χ1) is 10.0. The van der Waals surface area contributed by atoms with Crippen LogP contribution in [-0.4, -0.2) is 9.91 Å². The number of benzene rings is 1. The highest BCUT2D eigenvalue weighted by atomic mass is 19.1. The number of nitrogens with two attached hydrogens (primary N) is 1. The molecule has 0 fully saturated rings. The first kappa shape index (κ1) is 14.9. The molecule has 0 radical (unpaired) electrons. The first-order valence-electron chi connectivity index (χ1n) is 6.34. The third kappa shape index (κ3) is 3.51. The summed E-state index contributed by atoms with van der Waals surface area (Å²) in [7, 11) is 0. The maximum atomic E-state index is 13.0. The molecular weight excluding hydrogens is 277 g/mol. The third-order valence-electron chi connectivity index (χ3n) is 2.92. The molecule has 1 heterocycles. The van der Waals surface area contributed by atoms with E-state index >= 15 is 0 Å². The van der Waals surface area contributed by atoms with Crippen LogP contribution in [0.2, 0.25) is 0 Å². The summed E-state index contributed by atoms with van der Waals surface area (Å²) in [5, 5.41) is 10.9. The molecule has 2 aromatic rings. The minimum absolute atomic E-state index is 0.0456. The zero-order valence-corrected chi connectivity index (χ0v) is 11.3. The highest BCUT2D eigenvalue weighted by Crippen LogP contribution is 2.31. The number of rotatable bonds is 5. The van der Waals surface area contributed by atoms with Crippen LogP contribution in [0.4, 0.5) is 10.1 Å². The van der Waals surface area contributed by atoms with Crippen molar-refractivity contribution in [1.29, 1.82) is 0 Å². The molecule has 1 aromatic carbocycles. The maximum Gasteiger partial charge on any atom is 0.314 e. The summed E-state index contributed by atoms with van der Waals surface area (Å²) in [6.07, 6.45) is 2.18. The summed E-state index contributed by atoms with van der Waals surface area (Å²) in [5.74, 6) is -0.427. The fourth-order valence-electron chi connectivity index (χ4n) is 1.73. The lowest BCUT2D eigenvalue weighted by Crippen LogP contribution is -2.10. The molecule has 6 nitrogen and oxygen atoms in total. The van der Waals surface area contributed by atoms with Crippen molar-refractivity contribution in [3.05, 3.63) is 58.2 Å². The molecule has 2 N–H and O–H groups in total. The minimum atomic E-state index is -0.701. The molecule has 0 spiro atoms. The Morgan fingerprint density at radius 3 is 2.76 bits per heavy atom. The van der Waals surface area contributed by atoms with E-state index in [-0.39, 0.29) is 11.8 Å². The highest BCUT2D eigenvalue weighted by Gasteiger charge is 2.17. The largest absolute Gasteiger partial charge is 0.449 e. The monoisotopic (exact) mass is 291 g/mol. The summed E-state index contributed by atoms with van der Waals surface area (Å²) >= 11 is 0. The topological polar surface area (TPSA) is 91.3 Å². The van der Waals surface area contributed by atoms with E-state index < -0.39 is 16.4 Å². The van der Waals surface area contributed by atoms with Gasteiger partial charge in [-0.15, -0.1) is 0 Å². The number of hydrogen-bond acceptors (Lipinski definition) is 5. The van der Waals surface area contributed by atoms with Crippen molar-refractivity contribution in [3.63, 3.8) is 0 Å². The van der Waals surface area contributed by atoms with Gasteiger partial charge in [-0.25, -0.2) is 4.39 Å². The number of aromatic nitrogens is 1. The Morgan fingerprint density at radius 2 is 2.19 bits per heavy atom. The molecule has 0 aliphatic carbocycles. The van der Waals surface area contributed by atoms with Crippen LogP contribution in [0.3, 0.4) is 0 Å². The lowest BCUT2D eigenvalue weighted by Gasteiger charge is -2.09. The number of halogens is 1. The predicted molar refractivity (Wildman–Crippen MR) is 74.6 cm³/mol. The molecule has 7 heteroatoms. The van der Waals surface area contributed by atoms with E-state index in [1.165, 1.54) is 12.3 Å². The van der Waals surface area contributed by atoms with Gasteiger partial charge < -0.3 is 10.5 Å². The van der Waals surface area contributed by atoms with Crippen LogP contribution in [0, 0.1) is 15.9 Å². The summed E-state index contributed by atoms with van der Waals surface area (Å²) in [6, 6.07) is 6.25. The Bertz CT molecular complexity index is 646. The zero-order valence-electron chi connectivity index (χ0n) is 11.3. The number of nitro groups is 1. The predicted octanol–water partition coefficient (Wildman–Crippen LogP) is 3.33. The van der Waals surface area contributed by atoms with E-state index in [0.717, 1.165) is 18.6 Å². The van der Waals surface area contributed by atoms with Crippen molar-refractivity contribution in [2.75, 3.05) is 0 Å². The van der Waals surface area contributed by atoms with Crippen LogP contribution in [0.1, 0.15) is 25.1 Å². The van der Waals surface area contributed by atoms with Crippen LogP contribution >= 0.6 is 0 Å². The van der Waals surface area contributed by atoms with Crippen LogP contribution in [0.25, 0.3) is 0 Å². The number of pyridine rings is 1. The van der Waals surface area contributed by atoms with Crippen LogP contribution < -0.4 is 10.5 Å². The third-order valence-corrected chi connectivity index (χ3v) is 2.92. The Labute approximate surface area is 120 Å². The molecule has 0 saturated heterocycles. The average Bonchev–Trinajstić information content (AvgIpc) is 2.49. The molecule has 0 amide bonds. The zero-order chi connectivity index (χ0) is 15.4. The van der Waals surface area contributed by atoms with Gasteiger partial charge in [0.05, 0.1) is 22.9 Å². The molecule has 2 rings (SSSR count). The minimum Gasteiger partial charge on any atom is -0.449 e. The van der Waals surface area contributed by atoms with Crippen molar-refractivity contribution >= 4 is 5.69 Å². The molecule has 0 aliphatic rings. The summed E-state index contributed by atoms with van der Waals surface area (Å²) in [4.78, 5) is 14.3. The molecule has 1 aromatic heterocycles. The van der Waals surface area contributed by atoms with E-state index in [1.807, 2.05) is 6.92 Å². The van der Waals surface area contributed by atoms with Crippen molar-refractivity contribution in [3.8, 4) is 11.5 Å². The molecule has 110 valence electrons. The molecule has 21 heavy (non-hydrogen) atoms. The first-order valence-corrected chi connectivity index (χ1v) is 6.34. The number of nitrogens with zero attached hydrogens (tertiary/aromatic N) is 2. The second-order valence-corrected chi connectivity index (χ2v) is 4.40. The molecule has 0 aliphatic heterocycles. The Kier molecular flexibility index (Phi) is 4.44. The summed E-state index contributed by atoms with van der Waals surface area (Å²) in [5.41, 5.74) is 6.11. The van der Waals surface area contributed by atoms with Crippen molar-refractivity contribution < 1.29 is 14.1 Å². The van der Waals surface area contributed by atoms with Gasteiger partial charge in [-0.2, -0.15) is 0 Å². The fourth-order valence-corrected chi connectivity index (χ4v) is 1.73. The summed E-state index contributed by atoms with van der Waals surface area (Å²) in [6.45, 7) is 1.94. The van der Waals surface area contributed by atoms with Gasteiger partial charge in [0.25, 0.3) is 0 Å². The van der Waals surface area contributed by atoms with Crippen molar-refractivity contribution in [1.82, 2.24) is 4.98 Å². The molecule has 0 bridgehead atoms. The van der Waals surface area contributed by atoms with Crippen molar-refractivity contribution in [2.24, 2.45) is 5.73 Å².